The number of hydrogen-bond acceptors (Lipinski definition) is 6. The Morgan fingerprint density at radius 3 is 2.75 bits per heavy atom. The van der Waals surface area contributed by atoms with Gasteiger partial charge in [0.2, 0.25) is 0 Å². The van der Waals surface area contributed by atoms with E-state index in [9.17, 15) is 8.78 Å². The molecule has 0 unspecified atom stereocenters. The second-order valence-corrected chi connectivity index (χ2v) is 4.67. The quantitative estimate of drug-likeness (QED) is 0.871. The number of rotatable bonds is 2. The summed E-state index contributed by atoms with van der Waals surface area (Å²) >= 11 is 3.23. The van der Waals surface area contributed by atoms with Gasteiger partial charge in [0.05, 0.1) is 0 Å². The van der Waals surface area contributed by atoms with Crippen LogP contribution in [-0.2, 0) is 0 Å². The van der Waals surface area contributed by atoms with Crippen LogP contribution in [0.15, 0.2) is 29.0 Å². The fourth-order valence-electron chi connectivity index (χ4n) is 1.63. The summed E-state index contributed by atoms with van der Waals surface area (Å²) in [4.78, 5) is 7.78. The molecule has 6 nitrogen and oxygen atoms in total. The van der Waals surface area contributed by atoms with Crippen molar-refractivity contribution in [2.45, 2.75) is 6.29 Å². The second kappa shape index (κ2) is 4.44. The molecule has 20 heavy (non-hydrogen) atoms. The molecule has 0 amide bonds. The molecular weight excluding hydrogens is 338 g/mol. The third kappa shape index (κ3) is 2.31. The highest BCUT2D eigenvalue weighted by atomic mass is 79.9. The smallest absolute Gasteiger partial charge is 0.395 e. The van der Waals surface area contributed by atoms with Crippen molar-refractivity contribution in [3.05, 3.63) is 29.0 Å². The highest BCUT2D eigenvalue weighted by molar-refractivity contribution is 9.10. The molecule has 1 aliphatic rings. The maximum absolute atomic E-state index is 12.9. The van der Waals surface area contributed by atoms with Gasteiger partial charge in [-0.15, -0.1) is 8.78 Å². The number of hydrogen-bond donors (Lipinski definition) is 2. The number of anilines is 3. The fourth-order valence-corrected chi connectivity index (χ4v) is 1.94. The van der Waals surface area contributed by atoms with Crippen molar-refractivity contribution in [1.82, 2.24) is 9.97 Å². The third-order valence-electron chi connectivity index (χ3n) is 2.48. The predicted molar refractivity (Wildman–Crippen MR) is 70.1 cm³/mol. The van der Waals surface area contributed by atoms with Crippen molar-refractivity contribution in [2.75, 3.05) is 11.1 Å². The number of alkyl halides is 2. The molecule has 0 atom stereocenters. The predicted octanol–water partition coefficient (Wildman–Crippen LogP) is 2.89. The largest absolute Gasteiger partial charge is 0.586 e. The number of nitrogens with two attached hydrogens (primary N) is 1. The Bertz CT molecular complexity index is 683. The van der Waals surface area contributed by atoms with Crippen LogP contribution in [0.1, 0.15) is 0 Å². The van der Waals surface area contributed by atoms with Crippen LogP contribution in [0.3, 0.4) is 0 Å². The van der Waals surface area contributed by atoms with Gasteiger partial charge in [0.1, 0.15) is 22.4 Å². The van der Waals surface area contributed by atoms with Gasteiger partial charge < -0.3 is 20.5 Å². The number of nitrogens with zero attached hydrogens (tertiary/aromatic N) is 2. The minimum atomic E-state index is -3.64. The Morgan fingerprint density at radius 2 is 1.95 bits per heavy atom. The number of halogens is 3. The molecule has 1 aromatic carbocycles. The van der Waals surface area contributed by atoms with E-state index in [0.29, 0.717) is 16.0 Å². The fraction of sp³-hybridized carbons (Fsp3) is 0.0909. The Morgan fingerprint density at radius 1 is 1.20 bits per heavy atom. The molecule has 1 aromatic heterocycles. The van der Waals surface area contributed by atoms with Gasteiger partial charge in [-0.3, -0.25) is 0 Å². The van der Waals surface area contributed by atoms with Crippen LogP contribution in [-0.4, -0.2) is 16.3 Å². The number of benzene rings is 1. The molecule has 0 aliphatic carbocycles. The minimum Gasteiger partial charge on any atom is -0.395 e. The molecule has 2 heterocycles. The lowest BCUT2D eigenvalue weighted by Crippen LogP contribution is -2.25. The molecule has 104 valence electrons. The van der Waals surface area contributed by atoms with E-state index in [1.807, 2.05) is 0 Å². The first-order valence-corrected chi connectivity index (χ1v) is 6.17. The molecule has 0 spiro atoms. The molecular formula is C11H7BrF2N4O2. The first-order valence-electron chi connectivity index (χ1n) is 5.37. The molecule has 0 radical (unpaired) electrons. The summed E-state index contributed by atoms with van der Waals surface area (Å²) in [6.07, 6.45) is -2.36. The van der Waals surface area contributed by atoms with Crippen LogP contribution in [0.4, 0.5) is 26.1 Å². The van der Waals surface area contributed by atoms with E-state index in [1.54, 1.807) is 6.07 Å². The van der Waals surface area contributed by atoms with E-state index in [-0.39, 0.29) is 17.3 Å². The number of ether oxygens (including phenoxy) is 2. The first kappa shape index (κ1) is 12.9. The average molecular weight is 345 g/mol. The van der Waals surface area contributed by atoms with Gasteiger partial charge in [-0.25, -0.2) is 9.97 Å². The first-order chi connectivity index (χ1) is 9.44. The Labute approximate surface area is 120 Å². The Balaban J connectivity index is 1.89. The van der Waals surface area contributed by atoms with Gasteiger partial charge in [-0.2, -0.15) is 0 Å². The van der Waals surface area contributed by atoms with Crippen LogP contribution in [0.2, 0.25) is 0 Å². The van der Waals surface area contributed by atoms with Gasteiger partial charge in [0.15, 0.2) is 11.5 Å². The highest BCUT2D eigenvalue weighted by Crippen LogP contribution is 2.42. The summed E-state index contributed by atoms with van der Waals surface area (Å²) in [6, 6.07) is 4.30. The van der Waals surface area contributed by atoms with E-state index in [2.05, 4.69) is 40.7 Å². The van der Waals surface area contributed by atoms with Crippen molar-refractivity contribution < 1.29 is 18.3 Å². The molecule has 9 heteroatoms. The molecule has 3 N–H and O–H groups in total. The summed E-state index contributed by atoms with van der Waals surface area (Å²) in [5, 5.41) is 2.91. The van der Waals surface area contributed by atoms with E-state index < -0.39 is 6.29 Å². The Kier molecular flexibility index (Phi) is 2.85. The summed E-state index contributed by atoms with van der Waals surface area (Å²) in [7, 11) is 0. The molecule has 0 fully saturated rings. The van der Waals surface area contributed by atoms with Crippen LogP contribution in [0.5, 0.6) is 11.5 Å². The van der Waals surface area contributed by atoms with Gasteiger partial charge in [-0.1, -0.05) is 0 Å². The lowest BCUT2D eigenvalue weighted by atomic mass is 10.3. The summed E-state index contributed by atoms with van der Waals surface area (Å²) in [6.45, 7) is 0. The van der Waals surface area contributed by atoms with Gasteiger partial charge in [0, 0.05) is 11.8 Å². The van der Waals surface area contributed by atoms with Gasteiger partial charge in [0.25, 0.3) is 0 Å². The number of aromatic nitrogens is 2. The zero-order chi connectivity index (χ0) is 14.3. The minimum absolute atomic E-state index is 0.0261. The summed E-state index contributed by atoms with van der Waals surface area (Å²) < 4.78 is 34.9. The lowest BCUT2D eigenvalue weighted by Gasteiger charge is -2.08. The van der Waals surface area contributed by atoms with Crippen molar-refractivity contribution in [3.8, 4) is 11.5 Å². The van der Waals surface area contributed by atoms with Gasteiger partial charge >= 0.3 is 6.29 Å². The van der Waals surface area contributed by atoms with Gasteiger partial charge in [-0.05, 0) is 28.1 Å². The topological polar surface area (TPSA) is 82.3 Å². The molecule has 0 saturated heterocycles. The number of nitrogen functional groups attached to an aromatic ring is 1. The molecule has 0 saturated carbocycles. The molecule has 0 bridgehead atoms. The van der Waals surface area contributed by atoms with Crippen molar-refractivity contribution in [1.29, 1.82) is 0 Å². The van der Waals surface area contributed by atoms with Crippen LogP contribution in [0.25, 0.3) is 0 Å². The third-order valence-corrected chi connectivity index (χ3v) is 3.26. The van der Waals surface area contributed by atoms with E-state index >= 15 is 0 Å². The van der Waals surface area contributed by atoms with Crippen LogP contribution < -0.4 is 20.5 Å². The molecule has 1 aliphatic heterocycles. The van der Waals surface area contributed by atoms with E-state index in [4.69, 9.17) is 5.73 Å². The van der Waals surface area contributed by atoms with Crippen LogP contribution >= 0.6 is 15.9 Å². The highest BCUT2D eigenvalue weighted by Gasteiger charge is 2.43. The maximum Gasteiger partial charge on any atom is 0.586 e. The summed E-state index contributed by atoms with van der Waals surface area (Å²) in [5.74, 6) is 0.581. The van der Waals surface area contributed by atoms with E-state index in [1.165, 1.54) is 18.5 Å². The van der Waals surface area contributed by atoms with Crippen LogP contribution in [0, 0.1) is 0 Å². The molecule has 3 rings (SSSR count). The standard InChI is InChI=1S/C11H7BrF2N4O2/c12-8-9(15)16-4-17-10(8)18-5-1-2-6-7(3-5)20-11(13,14)19-6/h1-4H,(H3,15,16,17,18). The lowest BCUT2D eigenvalue weighted by molar-refractivity contribution is -0.286. The molecule has 2 aromatic rings. The monoisotopic (exact) mass is 344 g/mol. The number of nitrogens with one attached hydrogen (secondary N) is 1. The maximum atomic E-state index is 12.9. The zero-order valence-electron chi connectivity index (χ0n) is 9.73. The van der Waals surface area contributed by atoms with Crippen molar-refractivity contribution in [2.24, 2.45) is 0 Å². The zero-order valence-corrected chi connectivity index (χ0v) is 11.3. The van der Waals surface area contributed by atoms with E-state index in [0.717, 1.165) is 0 Å². The van der Waals surface area contributed by atoms with Crippen molar-refractivity contribution >= 4 is 33.3 Å². The Hall–Kier alpha value is -2.16. The second-order valence-electron chi connectivity index (χ2n) is 3.88. The number of fused-ring (bicyclic) bond motifs is 1. The normalized spacial score (nSPS) is 15.2. The summed E-state index contributed by atoms with van der Waals surface area (Å²) in [5.41, 5.74) is 6.11. The average Bonchev–Trinajstić information content (AvgIpc) is 2.68. The SMILES string of the molecule is Nc1ncnc(Nc2ccc3c(c2)OC(F)(F)O3)c1Br. The van der Waals surface area contributed by atoms with Crippen molar-refractivity contribution in [3.63, 3.8) is 0 Å².